The molecule has 1 aromatic carbocycles. The second kappa shape index (κ2) is 6.71. The van der Waals surface area contributed by atoms with Crippen molar-refractivity contribution in [1.82, 2.24) is 5.32 Å². The zero-order chi connectivity index (χ0) is 16.2. The van der Waals surface area contributed by atoms with E-state index in [9.17, 15) is 18.0 Å². The highest BCUT2D eigenvalue weighted by atomic mass is 32.2. The number of amides is 1. The molecule has 1 unspecified atom stereocenters. The van der Waals surface area contributed by atoms with Crippen molar-refractivity contribution >= 4 is 21.7 Å². The van der Waals surface area contributed by atoms with Crippen LogP contribution < -0.4 is 5.32 Å². The molecule has 0 saturated carbocycles. The lowest BCUT2D eigenvalue weighted by molar-refractivity contribution is -0.140. The lowest BCUT2D eigenvalue weighted by atomic mass is 10.0. The van der Waals surface area contributed by atoms with E-state index in [0.717, 1.165) is 6.26 Å². The molecule has 0 aromatic heterocycles. The van der Waals surface area contributed by atoms with Crippen LogP contribution in [0.2, 0.25) is 0 Å². The Balaban J connectivity index is 3.04. The largest absolute Gasteiger partial charge is 0.481 e. The van der Waals surface area contributed by atoms with Gasteiger partial charge in [0.05, 0.1) is 10.8 Å². The van der Waals surface area contributed by atoms with E-state index in [2.05, 4.69) is 5.32 Å². The lowest BCUT2D eigenvalue weighted by Crippen LogP contribution is -2.32. The Bertz CT molecular complexity index is 651. The molecular weight excluding hydrogens is 294 g/mol. The van der Waals surface area contributed by atoms with Crippen molar-refractivity contribution in [2.75, 3.05) is 12.8 Å². The number of benzene rings is 1. The molecule has 6 nitrogen and oxygen atoms in total. The zero-order valence-electron chi connectivity index (χ0n) is 12.2. The van der Waals surface area contributed by atoms with E-state index in [1.165, 1.54) is 19.1 Å². The Morgan fingerprint density at radius 1 is 1.33 bits per heavy atom. The molecule has 0 bridgehead atoms. The van der Waals surface area contributed by atoms with Crippen LogP contribution in [-0.4, -0.2) is 38.2 Å². The molecule has 0 saturated heterocycles. The zero-order valence-corrected chi connectivity index (χ0v) is 13.0. The molecule has 21 heavy (non-hydrogen) atoms. The fraction of sp³-hybridized carbons (Fsp3) is 0.429. The minimum absolute atomic E-state index is 0.0135. The fourth-order valence-electron chi connectivity index (χ4n) is 1.73. The van der Waals surface area contributed by atoms with Crippen LogP contribution in [0.25, 0.3) is 0 Å². The topological polar surface area (TPSA) is 101 Å². The predicted octanol–water partition coefficient (Wildman–Crippen LogP) is 1.10. The monoisotopic (exact) mass is 313 g/mol. The van der Waals surface area contributed by atoms with E-state index in [1.54, 1.807) is 6.07 Å². The van der Waals surface area contributed by atoms with E-state index in [-0.39, 0.29) is 17.0 Å². The summed E-state index contributed by atoms with van der Waals surface area (Å²) in [5, 5.41) is 11.3. The number of hydrogen-bond donors (Lipinski definition) is 2. The molecular formula is C14H19NO5S. The van der Waals surface area contributed by atoms with Crippen molar-refractivity contribution in [1.29, 1.82) is 0 Å². The molecule has 2 N–H and O–H groups in total. The molecule has 1 aromatic rings. The number of rotatable bonds is 6. The van der Waals surface area contributed by atoms with Crippen LogP contribution in [-0.2, 0) is 21.1 Å². The summed E-state index contributed by atoms with van der Waals surface area (Å²) in [5.74, 6) is -2.18. The van der Waals surface area contributed by atoms with Crippen LogP contribution in [0.1, 0.15) is 29.8 Å². The summed E-state index contributed by atoms with van der Waals surface area (Å²) in [7, 11) is -3.40. The van der Waals surface area contributed by atoms with Crippen molar-refractivity contribution < 1.29 is 23.1 Å². The van der Waals surface area contributed by atoms with Gasteiger partial charge in [0.2, 0.25) is 0 Å². The number of carbonyl (C=O) groups excluding carboxylic acids is 1. The van der Waals surface area contributed by atoms with Crippen LogP contribution >= 0.6 is 0 Å². The van der Waals surface area contributed by atoms with Gasteiger partial charge in [-0.2, -0.15) is 0 Å². The normalized spacial score (nSPS) is 12.7. The van der Waals surface area contributed by atoms with Crippen LogP contribution in [0.5, 0.6) is 0 Å². The maximum absolute atomic E-state index is 12.1. The molecule has 7 heteroatoms. The highest BCUT2D eigenvalue weighted by Crippen LogP contribution is 2.17. The number of sulfone groups is 1. The molecule has 116 valence electrons. The Morgan fingerprint density at radius 3 is 2.43 bits per heavy atom. The third-order valence-electron chi connectivity index (χ3n) is 3.13. The highest BCUT2D eigenvalue weighted by molar-refractivity contribution is 7.90. The van der Waals surface area contributed by atoms with Crippen molar-refractivity contribution in [3.05, 3.63) is 29.3 Å². The molecule has 0 spiro atoms. The van der Waals surface area contributed by atoms with Gasteiger partial charge >= 0.3 is 5.97 Å². The second-order valence-electron chi connectivity index (χ2n) is 4.89. The summed E-state index contributed by atoms with van der Waals surface area (Å²) in [6.45, 7) is 3.32. The molecule has 0 aliphatic rings. The fourth-order valence-corrected chi connectivity index (χ4v) is 2.38. The summed E-state index contributed by atoms with van der Waals surface area (Å²) in [5.41, 5.74) is 0.973. The van der Waals surface area contributed by atoms with Gasteiger partial charge in [0.1, 0.15) is 0 Å². The van der Waals surface area contributed by atoms with Gasteiger partial charge < -0.3 is 10.4 Å². The first-order valence-corrected chi connectivity index (χ1v) is 8.40. The van der Waals surface area contributed by atoms with Crippen LogP contribution in [0.3, 0.4) is 0 Å². The van der Waals surface area contributed by atoms with Gasteiger partial charge in [-0.3, -0.25) is 9.59 Å². The number of aryl methyl sites for hydroxylation is 1. The van der Waals surface area contributed by atoms with Gasteiger partial charge in [0, 0.05) is 18.4 Å². The minimum Gasteiger partial charge on any atom is -0.481 e. The summed E-state index contributed by atoms with van der Waals surface area (Å²) < 4.78 is 23.1. The van der Waals surface area contributed by atoms with Gasteiger partial charge in [-0.15, -0.1) is 0 Å². The number of carbonyl (C=O) groups is 2. The van der Waals surface area contributed by atoms with Gasteiger partial charge in [-0.05, 0) is 24.1 Å². The molecule has 1 rings (SSSR count). The van der Waals surface area contributed by atoms with E-state index in [1.807, 2.05) is 6.92 Å². The van der Waals surface area contributed by atoms with Crippen LogP contribution in [0.15, 0.2) is 23.1 Å². The first-order chi connectivity index (χ1) is 9.66. The van der Waals surface area contributed by atoms with E-state index >= 15 is 0 Å². The second-order valence-corrected chi connectivity index (χ2v) is 6.91. The SMILES string of the molecule is CCc1ccc(S(C)(=O)=O)cc1C(=O)NCC(C)C(=O)O. The quantitative estimate of drug-likeness (QED) is 0.819. The Labute approximate surface area is 124 Å². The highest BCUT2D eigenvalue weighted by Gasteiger charge is 2.17. The average Bonchev–Trinajstić information content (AvgIpc) is 2.42. The minimum atomic E-state index is -3.40. The molecule has 0 fully saturated rings. The third-order valence-corrected chi connectivity index (χ3v) is 4.24. The average molecular weight is 313 g/mol. The summed E-state index contributed by atoms with van der Waals surface area (Å²) in [6, 6.07) is 4.39. The molecule has 0 radical (unpaired) electrons. The standard InChI is InChI=1S/C14H19NO5S/c1-4-10-5-6-11(21(3,19)20)7-12(10)13(16)15-8-9(2)14(17)18/h5-7,9H,4,8H2,1-3H3,(H,15,16)(H,17,18). The number of carboxylic acids is 1. The Morgan fingerprint density at radius 2 is 1.95 bits per heavy atom. The number of carboxylic acid groups (broad SMARTS) is 1. The van der Waals surface area contributed by atoms with Crippen molar-refractivity contribution in [2.45, 2.75) is 25.2 Å². The predicted molar refractivity (Wildman–Crippen MR) is 78.1 cm³/mol. The smallest absolute Gasteiger partial charge is 0.308 e. The molecule has 1 atom stereocenters. The van der Waals surface area contributed by atoms with Crippen molar-refractivity contribution in [3.63, 3.8) is 0 Å². The first-order valence-electron chi connectivity index (χ1n) is 6.50. The van der Waals surface area contributed by atoms with Crippen LogP contribution in [0, 0.1) is 5.92 Å². The molecule has 0 heterocycles. The Hall–Kier alpha value is -1.89. The van der Waals surface area contributed by atoms with E-state index in [4.69, 9.17) is 5.11 Å². The Kier molecular flexibility index (Phi) is 5.48. The first kappa shape index (κ1) is 17.2. The number of hydrogen-bond acceptors (Lipinski definition) is 4. The molecule has 1 amide bonds. The lowest BCUT2D eigenvalue weighted by Gasteiger charge is -2.12. The summed E-state index contributed by atoms with van der Waals surface area (Å²) >= 11 is 0. The number of aliphatic carboxylic acids is 1. The molecule has 0 aliphatic carbocycles. The van der Waals surface area contributed by atoms with E-state index in [0.29, 0.717) is 12.0 Å². The third kappa shape index (κ3) is 4.56. The van der Waals surface area contributed by atoms with Crippen molar-refractivity contribution in [2.24, 2.45) is 5.92 Å². The molecule has 0 aliphatic heterocycles. The van der Waals surface area contributed by atoms with Gasteiger partial charge in [0.15, 0.2) is 9.84 Å². The van der Waals surface area contributed by atoms with Crippen molar-refractivity contribution in [3.8, 4) is 0 Å². The maximum Gasteiger partial charge on any atom is 0.308 e. The van der Waals surface area contributed by atoms with E-state index < -0.39 is 27.6 Å². The summed E-state index contributed by atoms with van der Waals surface area (Å²) in [6.07, 6.45) is 1.64. The number of nitrogens with one attached hydrogen (secondary N) is 1. The van der Waals surface area contributed by atoms with Crippen LogP contribution in [0.4, 0.5) is 0 Å². The van der Waals surface area contributed by atoms with Gasteiger partial charge in [-0.25, -0.2) is 8.42 Å². The van der Waals surface area contributed by atoms with Gasteiger partial charge in [-0.1, -0.05) is 19.9 Å². The van der Waals surface area contributed by atoms with Gasteiger partial charge in [0.25, 0.3) is 5.91 Å². The maximum atomic E-state index is 12.1. The summed E-state index contributed by atoms with van der Waals surface area (Å²) in [4.78, 5) is 22.9.